The second-order valence-corrected chi connectivity index (χ2v) is 12.5. The van der Waals surface area contributed by atoms with Gasteiger partial charge < -0.3 is 10.3 Å². The van der Waals surface area contributed by atoms with E-state index in [1.165, 1.54) is 0 Å². The Labute approximate surface area is 292 Å². The molecule has 2 heterocycles. The van der Waals surface area contributed by atoms with Gasteiger partial charge in [-0.1, -0.05) is 164 Å². The molecule has 0 amide bonds. The molecule has 0 unspecified atom stereocenters. The average molecular weight is 664 g/mol. The topological polar surface area (TPSA) is 87.4 Å². The smallest absolute Gasteiger partial charge is 0.205 e. The quantitative estimate of drug-likeness (QED) is 0.132. The third kappa shape index (κ3) is 6.19. The zero-order chi connectivity index (χ0) is 33.6. The number of rotatable bonds is 12. The fourth-order valence-corrected chi connectivity index (χ4v) is 6.94. The standard InChI is InChI=1S/C41H38ClN7/c1-2-3-23-38-44-39(42)37(28-43)48(38)29-30-24-26-31(27-25-30)35-21-13-14-22-36(35)40-45-47-49(46-40)41(32-15-7-4-8-16-32,33-17-9-5-10-18-33)34-19-11-6-12-20-34/h4-22,24-27H,2-3,23,28-29,43H2,1H3. The molecule has 7 aromatic rings. The van der Waals surface area contributed by atoms with Gasteiger partial charge in [0.05, 0.1) is 5.69 Å². The number of aromatic nitrogens is 6. The number of nitrogens with two attached hydrogens (primary N) is 1. The first-order valence-corrected chi connectivity index (χ1v) is 17.1. The normalized spacial score (nSPS) is 11.6. The minimum Gasteiger partial charge on any atom is -0.325 e. The van der Waals surface area contributed by atoms with Crippen LogP contribution in [0.3, 0.4) is 0 Å². The number of nitrogens with zero attached hydrogens (tertiary/aromatic N) is 6. The lowest BCUT2D eigenvalue weighted by atomic mass is 9.77. The van der Waals surface area contributed by atoms with Crippen LogP contribution in [0, 0.1) is 0 Å². The third-order valence-corrected chi connectivity index (χ3v) is 9.41. The van der Waals surface area contributed by atoms with E-state index < -0.39 is 5.54 Å². The van der Waals surface area contributed by atoms with Gasteiger partial charge in [0.15, 0.2) is 10.7 Å². The van der Waals surface area contributed by atoms with Gasteiger partial charge in [0, 0.05) is 25.1 Å². The third-order valence-electron chi connectivity index (χ3n) is 9.11. The molecule has 0 radical (unpaired) electrons. The second kappa shape index (κ2) is 14.4. The first-order valence-electron chi connectivity index (χ1n) is 16.7. The molecule has 7 rings (SSSR count). The molecule has 0 aliphatic heterocycles. The summed E-state index contributed by atoms with van der Waals surface area (Å²) < 4.78 is 2.17. The fourth-order valence-electron chi connectivity index (χ4n) is 6.66. The molecule has 0 saturated heterocycles. The Morgan fingerprint density at radius 3 is 1.80 bits per heavy atom. The summed E-state index contributed by atoms with van der Waals surface area (Å²) in [5, 5.41) is 15.1. The van der Waals surface area contributed by atoms with Crippen molar-refractivity contribution in [1.29, 1.82) is 0 Å². The van der Waals surface area contributed by atoms with Gasteiger partial charge in [0.2, 0.25) is 5.82 Å². The maximum atomic E-state index is 6.48. The minimum absolute atomic E-state index is 0.344. The largest absolute Gasteiger partial charge is 0.325 e. The molecule has 0 fully saturated rings. The van der Waals surface area contributed by atoms with Gasteiger partial charge >= 0.3 is 0 Å². The molecule has 0 atom stereocenters. The van der Waals surface area contributed by atoms with Crippen LogP contribution in [0.4, 0.5) is 0 Å². The molecule has 49 heavy (non-hydrogen) atoms. The number of unbranched alkanes of at least 4 members (excludes halogenated alkanes) is 1. The summed E-state index contributed by atoms with van der Waals surface area (Å²) in [4.78, 5) is 6.40. The minimum atomic E-state index is -0.847. The highest BCUT2D eigenvalue weighted by atomic mass is 35.5. The molecule has 5 aromatic carbocycles. The molecular weight excluding hydrogens is 626 g/mol. The van der Waals surface area contributed by atoms with Gasteiger partial charge in [-0.25, -0.2) is 4.98 Å². The number of benzene rings is 5. The number of aryl methyl sites for hydroxylation is 1. The Bertz CT molecular complexity index is 2030. The van der Waals surface area contributed by atoms with E-state index in [9.17, 15) is 0 Å². The van der Waals surface area contributed by atoms with Crippen LogP contribution in [0.1, 0.15) is 53.5 Å². The Morgan fingerprint density at radius 2 is 1.24 bits per heavy atom. The Balaban J connectivity index is 1.28. The van der Waals surface area contributed by atoms with Gasteiger partial charge in [-0.3, -0.25) is 0 Å². The van der Waals surface area contributed by atoms with Crippen molar-refractivity contribution in [3.05, 3.63) is 178 Å². The highest BCUT2D eigenvalue weighted by Gasteiger charge is 2.41. The number of hydrogen-bond acceptors (Lipinski definition) is 5. The van der Waals surface area contributed by atoms with E-state index in [0.29, 0.717) is 24.1 Å². The fraction of sp³-hybridized carbons (Fsp3) is 0.171. The summed E-state index contributed by atoms with van der Waals surface area (Å²) in [6.07, 6.45) is 3.01. The average Bonchev–Trinajstić information content (AvgIpc) is 3.77. The Morgan fingerprint density at radius 1 is 0.694 bits per heavy atom. The van der Waals surface area contributed by atoms with E-state index in [1.807, 2.05) is 30.3 Å². The zero-order valence-electron chi connectivity index (χ0n) is 27.5. The van der Waals surface area contributed by atoms with E-state index in [2.05, 4.69) is 126 Å². The molecule has 0 spiro atoms. The molecule has 0 aliphatic carbocycles. The highest BCUT2D eigenvalue weighted by molar-refractivity contribution is 6.30. The van der Waals surface area contributed by atoms with Crippen molar-refractivity contribution in [2.24, 2.45) is 5.73 Å². The first kappa shape index (κ1) is 32.2. The van der Waals surface area contributed by atoms with Crippen molar-refractivity contribution in [2.45, 2.75) is 44.8 Å². The van der Waals surface area contributed by atoms with Gasteiger partial charge in [0.25, 0.3) is 0 Å². The van der Waals surface area contributed by atoms with Crippen LogP contribution >= 0.6 is 11.6 Å². The van der Waals surface area contributed by atoms with Gasteiger partial charge in [0.1, 0.15) is 5.82 Å². The summed E-state index contributed by atoms with van der Waals surface area (Å²) in [7, 11) is 0. The van der Waals surface area contributed by atoms with E-state index in [4.69, 9.17) is 32.7 Å². The second-order valence-electron chi connectivity index (χ2n) is 12.1. The molecule has 0 aliphatic rings. The van der Waals surface area contributed by atoms with Crippen LogP contribution in [0.15, 0.2) is 140 Å². The predicted molar refractivity (Wildman–Crippen MR) is 196 cm³/mol. The van der Waals surface area contributed by atoms with E-state index in [-0.39, 0.29) is 0 Å². The summed E-state index contributed by atoms with van der Waals surface area (Å²) in [5.41, 5.74) is 13.3. The molecule has 244 valence electrons. The SMILES string of the molecule is CCCCc1nc(Cl)c(CN)n1Cc1ccc(-c2ccccc2-c2nnn(C(c3ccccc3)(c3ccccc3)c3ccccc3)n2)cc1. The van der Waals surface area contributed by atoms with Crippen LogP contribution in [-0.4, -0.2) is 29.8 Å². The molecule has 7 nitrogen and oxygen atoms in total. The van der Waals surface area contributed by atoms with E-state index >= 15 is 0 Å². The molecular formula is C41H38ClN7. The van der Waals surface area contributed by atoms with E-state index in [1.54, 1.807) is 4.80 Å². The van der Waals surface area contributed by atoms with Crippen molar-refractivity contribution in [3.8, 4) is 22.5 Å². The van der Waals surface area contributed by atoms with Crippen molar-refractivity contribution >= 4 is 11.6 Å². The van der Waals surface area contributed by atoms with Gasteiger partial charge in [-0.2, -0.15) is 0 Å². The highest BCUT2D eigenvalue weighted by Crippen LogP contribution is 2.40. The van der Waals surface area contributed by atoms with Gasteiger partial charge in [-0.05, 0) is 45.0 Å². The first-order chi connectivity index (χ1) is 24.1. The maximum absolute atomic E-state index is 6.48. The van der Waals surface area contributed by atoms with Crippen molar-refractivity contribution in [3.63, 3.8) is 0 Å². The zero-order valence-corrected chi connectivity index (χ0v) is 28.2. The number of tetrazole rings is 1. The summed E-state index contributed by atoms with van der Waals surface area (Å²) in [6, 6.07) is 48.0. The predicted octanol–water partition coefficient (Wildman–Crippen LogP) is 8.55. The van der Waals surface area contributed by atoms with Crippen molar-refractivity contribution in [1.82, 2.24) is 29.8 Å². The Hall–Kier alpha value is -5.37. The lowest BCUT2D eigenvalue weighted by molar-refractivity contribution is 0.396. The summed E-state index contributed by atoms with van der Waals surface area (Å²) in [5.74, 6) is 1.53. The summed E-state index contributed by atoms with van der Waals surface area (Å²) >= 11 is 6.48. The number of imidazole rings is 1. The lowest BCUT2D eigenvalue weighted by Gasteiger charge is -2.34. The lowest BCUT2D eigenvalue weighted by Crippen LogP contribution is -2.39. The van der Waals surface area contributed by atoms with Crippen molar-refractivity contribution in [2.75, 3.05) is 0 Å². The molecule has 2 aromatic heterocycles. The molecule has 0 bridgehead atoms. The maximum Gasteiger partial charge on any atom is 0.205 e. The van der Waals surface area contributed by atoms with Crippen molar-refractivity contribution < 1.29 is 0 Å². The number of halogens is 1. The Kier molecular flexibility index (Phi) is 9.46. The molecule has 0 saturated carbocycles. The van der Waals surface area contributed by atoms with Crippen LogP contribution in [0.5, 0.6) is 0 Å². The van der Waals surface area contributed by atoms with Crippen LogP contribution in [0.2, 0.25) is 5.15 Å². The number of hydrogen-bond donors (Lipinski definition) is 1. The molecule has 2 N–H and O–H groups in total. The molecule has 8 heteroatoms. The summed E-state index contributed by atoms with van der Waals surface area (Å²) in [6.45, 7) is 3.18. The van der Waals surface area contributed by atoms with Crippen LogP contribution < -0.4 is 5.73 Å². The van der Waals surface area contributed by atoms with Crippen LogP contribution in [-0.2, 0) is 25.0 Å². The monoisotopic (exact) mass is 663 g/mol. The van der Waals surface area contributed by atoms with Crippen LogP contribution in [0.25, 0.3) is 22.5 Å². The van der Waals surface area contributed by atoms with Gasteiger partial charge in [-0.15, -0.1) is 15.0 Å². The van der Waals surface area contributed by atoms with E-state index in [0.717, 1.165) is 69.7 Å².